The highest BCUT2D eigenvalue weighted by molar-refractivity contribution is 6.02. The Hall–Kier alpha value is -2.55. The van der Waals surface area contributed by atoms with Crippen LogP contribution in [0.3, 0.4) is 0 Å². The van der Waals surface area contributed by atoms with Gasteiger partial charge in [-0.25, -0.2) is 0 Å². The number of aromatic nitrogens is 2. The zero-order valence-corrected chi connectivity index (χ0v) is 13.9. The molecule has 1 amide bonds. The van der Waals surface area contributed by atoms with Crippen LogP contribution in [0, 0.1) is 0 Å². The van der Waals surface area contributed by atoms with Crippen LogP contribution >= 0.6 is 0 Å². The van der Waals surface area contributed by atoms with Crippen LogP contribution in [0.15, 0.2) is 36.5 Å². The summed E-state index contributed by atoms with van der Waals surface area (Å²) >= 11 is 0. The van der Waals surface area contributed by atoms with Gasteiger partial charge in [-0.1, -0.05) is 6.07 Å². The lowest BCUT2D eigenvalue weighted by Crippen LogP contribution is -2.32. The number of hydrogen-bond donors (Lipinski definition) is 2. The van der Waals surface area contributed by atoms with Crippen molar-refractivity contribution in [2.45, 2.75) is 25.1 Å². The molecule has 0 radical (unpaired) electrons. The van der Waals surface area contributed by atoms with Gasteiger partial charge >= 0.3 is 6.18 Å². The van der Waals surface area contributed by atoms with Crippen molar-refractivity contribution in [2.75, 3.05) is 25.0 Å². The lowest BCUT2D eigenvalue weighted by Gasteiger charge is -2.22. The van der Waals surface area contributed by atoms with Gasteiger partial charge in [-0.05, 0) is 37.6 Å². The van der Waals surface area contributed by atoms with Gasteiger partial charge in [-0.2, -0.15) is 18.3 Å². The number of carbonyl (C=O) groups excluding carboxylic acids is 1. The van der Waals surface area contributed by atoms with Gasteiger partial charge in [0, 0.05) is 24.5 Å². The van der Waals surface area contributed by atoms with Crippen LogP contribution in [0.25, 0.3) is 0 Å². The Morgan fingerprint density at radius 3 is 2.96 bits per heavy atom. The highest BCUT2D eigenvalue weighted by Crippen LogP contribution is 2.22. The minimum Gasteiger partial charge on any atom is -0.484 e. The first kappa shape index (κ1) is 18.2. The Bertz CT molecular complexity index is 754. The predicted molar refractivity (Wildman–Crippen MR) is 89.3 cm³/mol. The number of nitrogens with zero attached hydrogens (tertiary/aromatic N) is 2. The second kappa shape index (κ2) is 7.77. The summed E-state index contributed by atoms with van der Waals surface area (Å²) in [7, 11) is 0. The number of alkyl halides is 3. The molecule has 26 heavy (non-hydrogen) atoms. The maximum Gasteiger partial charge on any atom is 0.422 e. The summed E-state index contributed by atoms with van der Waals surface area (Å²) in [4.78, 5) is 12.3. The van der Waals surface area contributed by atoms with Crippen LogP contribution < -0.4 is 15.4 Å². The minimum atomic E-state index is -4.42. The normalized spacial score (nSPS) is 17.7. The number of amides is 1. The van der Waals surface area contributed by atoms with Crippen molar-refractivity contribution in [1.29, 1.82) is 0 Å². The molecular formula is C17H19F3N4O2. The van der Waals surface area contributed by atoms with Crippen molar-refractivity contribution in [3.8, 4) is 5.75 Å². The summed E-state index contributed by atoms with van der Waals surface area (Å²) in [5, 5.41) is 10.2. The lowest BCUT2D eigenvalue weighted by molar-refractivity contribution is -0.153. The molecule has 1 aliphatic heterocycles. The standard InChI is InChI=1S/C17H19F3N4O2/c18-17(19,20)11-26-14-5-1-3-12(9-14)22-16(25)15-6-8-24(23-15)13-4-2-7-21-10-13/h1,3,5-6,8-9,13,21H,2,4,7,10-11H2,(H,22,25). The summed E-state index contributed by atoms with van der Waals surface area (Å²) in [5.74, 6) is -0.403. The smallest absolute Gasteiger partial charge is 0.422 e. The molecule has 2 heterocycles. The molecule has 1 unspecified atom stereocenters. The Balaban J connectivity index is 1.62. The van der Waals surface area contributed by atoms with Crippen molar-refractivity contribution in [3.05, 3.63) is 42.2 Å². The van der Waals surface area contributed by atoms with Crippen molar-refractivity contribution in [1.82, 2.24) is 15.1 Å². The van der Waals surface area contributed by atoms with Crippen LogP contribution in [0.1, 0.15) is 29.4 Å². The number of halogens is 3. The van der Waals surface area contributed by atoms with Crippen LogP contribution in [-0.2, 0) is 0 Å². The van der Waals surface area contributed by atoms with E-state index in [9.17, 15) is 18.0 Å². The molecule has 0 saturated carbocycles. The average molecular weight is 368 g/mol. The topological polar surface area (TPSA) is 68.2 Å². The summed E-state index contributed by atoms with van der Waals surface area (Å²) < 4.78 is 43.1. The van der Waals surface area contributed by atoms with Gasteiger partial charge < -0.3 is 15.4 Å². The Morgan fingerprint density at radius 2 is 2.23 bits per heavy atom. The molecule has 2 N–H and O–H groups in total. The van der Waals surface area contributed by atoms with Crippen molar-refractivity contribution in [2.24, 2.45) is 0 Å². The van der Waals surface area contributed by atoms with E-state index in [0.717, 1.165) is 25.9 Å². The lowest BCUT2D eigenvalue weighted by atomic mass is 10.1. The van der Waals surface area contributed by atoms with E-state index < -0.39 is 18.7 Å². The van der Waals surface area contributed by atoms with Gasteiger partial charge in [0.15, 0.2) is 12.3 Å². The summed E-state index contributed by atoms with van der Waals surface area (Å²) in [6, 6.07) is 7.64. The molecular weight excluding hydrogens is 349 g/mol. The molecule has 1 aliphatic rings. The molecule has 1 aromatic heterocycles. The number of piperidine rings is 1. The zero-order valence-electron chi connectivity index (χ0n) is 13.9. The van der Waals surface area contributed by atoms with Gasteiger partial charge in [0.1, 0.15) is 5.75 Å². The molecule has 0 bridgehead atoms. The summed E-state index contributed by atoms with van der Waals surface area (Å²) in [6.45, 7) is 0.406. The number of anilines is 1. The number of rotatable bonds is 5. The molecule has 1 atom stereocenters. The molecule has 3 rings (SSSR count). The second-order valence-corrected chi connectivity index (χ2v) is 6.07. The Labute approximate surface area is 148 Å². The molecule has 1 aromatic carbocycles. The predicted octanol–water partition coefficient (Wildman–Crippen LogP) is 3.00. The van der Waals surface area contributed by atoms with Gasteiger partial charge in [0.05, 0.1) is 6.04 Å². The third-order valence-corrected chi connectivity index (χ3v) is 3.98. The van der Waals surface area contributed by atoms with E-state index in [1.165, 1.54) is 18.2 Å². The average Bonchev–Trinajstić information content (AvgIpc) is 3.11. The van der Waals surface area contributed by atoms with Gasteiger partial charge in [-0.3, -0.25) is 9.48 Å². The minimum absolute atomic E-state index is 0.0268. The van der Waals surface area contributed by atoms with E-state index in [2.05, 4.69) is 20.5 Å². The van der Waals surface area contributed by atoms with Crippen LogP contribution in [0.4, 0.5) is 18.9 Å². The first-order valence-corrected chi connectivity index (χ1v) is 8.27. The SMILES string of the molecule is O=C(Nc1cccc(OCC(F)(F)F)c1)c1ccn(C2CCCNC2)n1. The molecule has 0 aliphatic carbocycles. The second-order valence-electron chi connectivity index (χ2n) is 6.07. The largest absolute Gasteiger partial charge is 0.484 e. The summed E-state index contributed by atoms with van der Waals surface area (Å²) in [5.41, 5.74) is 0.584. The highest BCUT2D eigenvalue weighted by Gasteiger charge is 2.28. The summed E-state index contributed by atoms with van der Waals surface area (Å²) in [6.07, 6.45) is -0.611. The monoisotopic (exact) mass is 368 g/mol. The molecule has 9 heteroatoms. The zero-order chi connectivity index (χ0) is 18.6. The number of nitrogens with one attached hydrogen (secondary N) is 2. The van der Waals surface area contributed by atoms with E-state index in [4.69, 9.17) is 0 Å². The van der Waals surface area contributed by atoms with Gasteiger partial charge in [0.25, 0.3) is 5.91 Å². The third-order valence-electron chi connectivity index (χ3n) is 3.98. The highest BCUT2D eigenvalue weighted by atomic mass is 19.4. The quantitative estimate of drug-likeness (QED) is 0.851. The number of carbonyl (C=O) groups is 1. The van der Waals surface area contributed by atoms with E-state index in [0.29, 0.717) is 5.69 Å². The fourth-order valence-corrected chi connectivity index (χ4v) is 2.75. The molecule has 1 fully saturated rings. The van der Waals surface area contributed by atoms with Crippen molar-refractivity contribution >= 4 is 11.6 Å². The molecule has 140 valence electrons. The molecule has 6 nitrogen and oxygen atoms in total. The van der Waals surface area contributed by atoms with Crippen molar-refractivity contribution < 1.29 is 22.7 Å². The number of hydrogen-bond acceptors (Lipinski definition) is 4. The first-order valence-electron chi connectivity index (χ1n) is 8.27. The first-order chi connectivity index (χ1) is 12.4. The molecule has 0 spiro atoms. The van der Waals surface area contributed by atoms with E-state index in [-0.39, 0.29) is 17.5 Å². The van der Waals surface area contributed by atoms with E-state index in [1.807, 2.05) is 0 Å². The van der Waals surface area contributed by atoms with E-state index in [1.54, 1.807) is 23.0 Å². The van der Waals surface area contributed by atoms with Gasteiger partial charge in [-0.15, -0.1) is 0 Å². The third kappa shape index (κ3) is 4.98. The molecule has 1 saturated heterocycles. The fourth-order valence-electron chi connectivity index (χ4n) is 2.75. The Kier molecular flexibility index (Phi) is 5.46. The maximum absolute atomic E-state index is 12.3. The maximum atomic E-state index is 12.3. The van der Waals surface area contributed by atoms with Crippen LogP contribution in [0.2, 0.25) is 0 Å². The number of ether oxygens (including phenoxy) is 1. The number of benzene rings is 1. The van der Waals surface area contributed by atoms with E-state index >= 15 is 0 Å². The molecule has 2 aromatic rings. The van der Waals surface area contributed by atoms with Crippen LogP contribution in [-0.4, -0.2) is 41.6 Å². The van der Waals surface area contributed by atoms with Crippen LogP contribution in [0.5, 0.6) is 5.75 Å². The Morgan fingerprint density at radius 1 is 1.38 bits per heavy atom. The van der Waals surface area contributed by atoms with Crippen molar-refractivity contribution in [3.63, 3.8) is 0 Å². The van der Waals surface area contributed by atoms with Gasteiger partial charge in [0.2, 0.25) is 0 Å². The fraction of sp³-hybridized carbons (Fsp3) is 0.412.